The van der Waals surface area contributed by atoms with Crippen LogP contribution in [0.4, 0.5) is 5.69 Å². The van der Waals surface area contributed by atoms with Crippen LogP contribution >= 0.6 is 22.7 Å². The molecular formula is C31H27N5O2S2. The molecule has 0 bridgehead atoms. The molecule has 0 saturated carbocycles. The predicted molar refractivity (Wildman–Crippen MR) is 161 cm³/mol. The molecule has 0 spiro atoms. The van der Waals surface area contributed by atoms with Gasteiger partial charge >= 0.3 is 0 Å². The number of hydrogen-bond acceptors (Lipinski definition) is 6. The van der Waals surface area contributed by atoms with Gasteiger partial charge in [0, 0.05) is 21.8 Å². The molecule has 1 aliphatic heterocycles. The van der Waals surface area contributed by atoms with Crippen molar-refractivity contribution in [1.29, 1.82) is 0 Å². The second kappa shape index (κ2) is 10.3. The number of nitrogens with zero attached hydrogens (tertiary/aromatic N) is 4. The largest absolute Gasteiger partial charge is 0.322 e. The van der Waals surface area contributed by atoms with Gasteiger partial charge in [0.2, 0.25) is 0 Å². The van der Waals surface area contributed by atoms with E-state index in [0.717, 1.165) is 38.8 Å². The molecule has 200 valence electrons. The molecule has 1 atom stereocenters. The Morgan fingerprint density at radius 3 is 2.45 bits per heavy atom. The zero-order chi connectivity index (χ0) is 28.0. The number of para-hydroxylation sites is 2. The molecule has 1 amide bonds. The van der Waals surface area contributed by atoms with Gasteiger partial charge in [0.05, 0.1) is 27.2 Å². The van der Waals surface area contributed by atoms with Crippen molar-refractivity contribution in [3.63, 3.8) is 0 Å². The first-order valence-electron chi connectivity index (χ1n) is 12.9. The van der Waals surface area contributed by atoms with Gasteiger partial charge in [-0.25, -0.2) is 9.67 Å². The molecule has 6 rings (SSSR count). The van der Waals surface area contributed by atoms with Crippen molar-refractivity contribution in [1.82, 2.24) is 14.3 Å². The maximum Gasteiger partial charge on any atom is 0.271 e. The van der Waals surface area contributed by atoms with E-state index in [2.05, 4.69) is 5.32 Å². The lowest BCUT2D eigenvalue weighted by Crippen LogP contribution is -2.40. The topological polar surface area (TPSA) is 81.3 Å². The fraction of sp³-hybridized carbons (Fsp3) is 0.161. The summed E-state index contributed by atoms with van der Waals surface area (Å²) < 4.78 is 4.10. The minimum atomic E-state index is -0.573. The standard InChI is InChI=1S/C31H27N5O2S2/c1-18-11-8-9-14-24(18)33-29(37)27-20(3)32-31-35(28(27)25-15-10-16-39-25)30(38)26(40-31)17-23-19(2)34-36(21(23)4)22-12-6-5-7-13-22/h5-17,28H,1-4H3,(H,33,37)/b26-17+/t28-/m1/s1. The average molecular weight is 566 g/mol. The summed E-state index contributed by atoms with van der Waals surface area (Å²) in [7, 11) is 0. The van der Waals surface area contributed by atoms with Gasteiger partial charge in [-0.2, -0.15) is 5.10 Å². The molecule has 1 aliphatic rings. The Morgan fingerprint density at radius 2 is 1.73 bits per heavy atom. The van der Waals surface area contributed by atoms with Crippen molar-refractivity contribution in [3.8, 4) is 5.69 Å². The van der Waals surface area contributed by atoms with Crippen LogP contribution in [0.1, 0.15) is 40.4 Å². The first kappa shape index (κ1) is 25.9. The van der Waals surface area contributed by atoms with Crippen molar-refractivity contribution < 1.29 is 4.79 Å². The minimum Gasteiger partial charge on any atom is -0.322 e. The number of thiophene rings is 1. The first-order chi connectivity index (χ1) is 19.3. The molecule has 2 aromatic carbocycles. The molecule has 4 heterocycles. The third-order valence-electron chi connectivity index (χ3n) is 7.10. The average Bonchev–Trinajstić information content (AvgIpc) is 3.65. The minimum absolute atomic E-state index is 0.179. The molecule has 3 aromatic heterocycles. The summed E-state index contributed by atoms with van der Waals surface area (Å²) in [4.78, 5) is 34.0. The number of rotatable bonds is 5. The smallest absolute Gasteiger partial charge is 0.271 e. The monoisotopic (exact) mass is 565 g/mol. The summed E-state index contributed by atoms with van der Waals surface area (Å²) in [5.41, 5.74) is 6.21. The van der Waals surface area contributed by atoms with E-state index in [-0.39, 0.29) is 11.5 Å². The van der Waals surface area contributed by atoms with Crippen LogP contribution in [0.2, 0.25) is 0 Å². The molecule has 0 fully saturated rings. The molecule has 7 nitrogen and oxygen atoms in total. The second-order valence-electron chi connectivity index (χ2n) is 9.70. The number of thiazole rings is 1. The van der Waals surface area contributed by atoms with E-state index in [9.17, 15) is 9.59 Å². The molecule has 9 heteroatoms. The molecule has 5 aromatic rings. The van der Waals surface area contributed by atoms with Crippen molar-refractivity contribution in [2.24, 2.45) is 4.99 Å². The van der Waals surface area contributed by atoms with Crippen molar-refractivity contribution in [2.75, 3.05) is 5.32 Å². The van der Waals surface area contributed by atoms with Gasteiger partial charge in [0.25, 0.3) is 11.5 Å². The van der Waals surface area contributed by atoms with Crippen LogP contribution in [-0.2, 0) is 4.79 Å². The van der Waals surface area contributed by atoms with Gasteiger partial charge in [-0.15, -0.1) is 11.3 Å². The zero-order valence-electron chi connectivity index (χ0n) is 22.5. The van der Waals surface area contributed by atoms with Gasteiger partial charge in [-0.1, -0.05) is 53.8 Å². The number of aromatic nitrogens is 3. The number of hydrogen-bond donors (Lipinski definition) is 1. The van der Waals surface area contributed by atoms with E-state index in [1.165, 1.54) is 22.7 Å². The predicted octanol–water partition coefficient (Wildman–Crippen LogP) is 5.05. The molecule has 0 saturated heterocycles. The van der Waals surface area contributed by atoms with Gasteiger partial charge < -0.3 is 5.32 Å². The highest BCUT2D eigenvalue weighted by Crippen LogP contribution is 2.33. The number of carbonyl (C=O) groups is 1. The summed E-state index contributed by atoms with van der Waals surface area (Å²) >= 11 is 2.85. The highest BCUT2D eigenvalue weighted by molar-refractivity contribution is 7.10. The maximum atomic E-state index is 14.0. The Balaban J connectivity index is 1.48. The SMILES string of the molecule is CC1=C(C(=O)Nc2ccccc2C)[C@@H](c2cccs2)n2c(s/c(=C/c3c(C)nn(-c4ccccc4)c3C)c2=O)=N1. The third kappa shape index (κ3) is 4.47. The normalized spacial score (nSPS) is 15.2. The number of carbonyl (C=O) groups excluding carboxylic acids is 1. The van der Waals surface area contributed by atoms with Gasteiger partial charge in [0.15, 0.2) is 4.80 Å². The first-order valence-corrected chi connectivity index (χ1v) is 14.6. The Morgan fingerprint density at radius 1 is 0.975 bits per heavy atom. The lowest BCUT2D eigenvalue weighted by atomic mass is 10.0. The van der Waals surface area contributed by atoms with E-state index in [0.29, 0.717) is 20.6 Å². The van der Waals surface area contributed by atoms with Crippen LogP contribution in [0.3, 0.4) is 0 Å². The summed E-state index contributed by atoms with van der Waals surface area (Å²) in [6, 6.07) is 20.9. The lowest BCUT2D eigenvalue weighted by molar-refractivity contribution is -0.113. The van der Waals surface area contributed by atoms with E-state index >= 15 is 0 Å². The van der Waals surface area contributed by atoms with Gasteiger partial charge in [0.1, 0.15) is 6.04 Å². The van der Waals surface area contributed by atoms with Crippen molar-refractivity contribution in [2.45, 2.75) is 33.7 Å². The second-order valence-corrected chi connectivity index (χ2v) is 11.7. The Kier molecular flexibility index (Phi) is 6.69. The molecule has 0 radical (unpaired) electrons. The Bertz CT molecular complexity index is 1960. The Labute approximate surface area is 239 Å². The molecular weight excluding hydrogens is 539 g/mol. The van der Waals surface area contributed by atoms with Crippen molar-refractivity contribution >= 4 is 40.3 Å². The molecule has 0 unspecified atom stereocenters. The highest BCUT2D eigenvalue weighted by atomic mass is 32.1. The summed E-state index contributed by atoms with van der Waals surface area (Å²) in [5, 5.41) is 9.75. The number of benzene rings is 2. The molecule has 0 aliphatic carbocycles. The number of nitrogens with one attached hydrogen (secondary N) is 1. The zero-order valence-corrected chi connectivity index (χ0v) is 24.1. The summed E-state index contributed by atoms with van der Waals surface area (Å²) in [5.74, 6) is -0.265. The van der Waals surface area contributed by atoms with Crippen LogP contribution in [0, 0.1) is 20.8 Å². The summed E-state index contributed by atoms with van der Waals surface area (Å²) in [6.45, 7) is 7.74. The quantitative estimate of drug-likeness (QED) is 0.324. The highest BCUT2D eigenvalue weighted by Gasteiger charge is 2.33. The van der Waals surface area contributed by atoms with E-state index < -0.39 is 6.04 Å². The van der Waals surface area contributed by atoms with Gasteiger partial charge in [-0.05, 0) is 69.0 Å². The fourth-order valence-electron chi connectivity index (χ4n) is 5.05. The third-order valence-corrected chi connectivity index (χ3v) is 9.00. The van der Waals surface area contributed by atoms with Crippen LogP contribution in [0.15, 0.2) is 93.2 Å². The van der Waals surface area contributed by atoms with E-state index in [1.54, 1.807) is 4.57 Å². The fourth-order valence-corrected chi connectivity index (χ4v) is 6.90. The van der Waals surface area contributed by atoms with Crippen molar-refractivity contribution in [3.05, 3.63) is 130 Å². The van der Waals surface area contributed by atoms with Gasteiger partial charge in [-0.3, -0.25) is 14.2 Å². The number of fused-ring (bicyclic) bond motifs is 1. The summed E-state index contributed by atoms with van der Waals surface area (Å²) in [6.07, 6.45) is 1.90. The number of amides is 1. The molecule has 1 N–H and O–H groups in total. The number of anilines is 1. The molecule has 40 heavy (non-hydrogen) atoms. The number of allylic oxidation sites excluding steroid dienone is 1. The maximum absolute atomic E-state index is 14.0. The van der Waals surface area contributed by atoms with Crippen LogP contribution in [-0.4, -0.2) is 20.3 Å². The van der Waals surface area contributed by atoms with Crippen LogP contribution < -0.4 is 20.2 Å². The van der Waals surface area contributed by atoms with E-state index in [1.807, 2.05) is 111 Å². The van der Waals surface area contributed by atoms with Crippen LogP contribution in [0.25, 0.3) is 11.8 Å². The van der Waals surface area contributed by atoms with Crippen LogP contribution in [0.5, 0.6) is 0 Å². The van der Waals surface area contributed by atoms with E-state index in [4.69, 9.17) is 10.1 Å². The number of aryl methyl sites for hydroxylation is 2. The lowest BCUT2D eigenvalue weighted by Gasteiger charge is -2.24. The Hall–Kier alpha value is -4.34.